The number of hydrogen-bond donors (Lipinski definition) is 0. The normalized spacial score (nSPS) is 13.7. The highest BCUT2D eigenvalue weighted by Crippen LogP contribution is 2.66. The van der Waals surface area contributed by atoms with Crippen LogP contribution in [0.15, 0.2) is 176 Å². The highest BCUT2D eigenvalue weighted by atomic mass is 16.6. The van der Waals surface area contributed by atoms with Gasteiger partial charge in [0.25, 0.3) is 0 Å². The fourth-order valence-electron chi connectivity index (χ4n) is 8.79. The second kappa shape index (κ2) is 10.2. The molecule has 3 nitrogen and oxygen atoms in total. The molecule has 0 radical (unpaired) electrons. The molecule has 3 aliphatic rings. The Labute approximate surface area is 290 Å². The van der Waals surface area contributed by atoms with Gasteiger partial charge in [-0.2, -0.15) is 0 Å². The Morgan fingerprint density at radius 1 is 0.380 bits per heavy atom. The van der Waals surface area contributed by atoms with Crippen molar-refractivity contribution < 1.29 is 9.47 Å². The Morgan fingerprint density at radius 2 is 0.960 bits per heavy atom. The van der Waals surface area contributed by atoms with E-state index < -0.39 is 5.41 Å². The van der Waals surface area contributed by atoms with Crippen LogP contribution in [0.4, 0.5) is 17.1 Å². The van der Waals surface area contributed by atoms with Crippen LogP contribution >= 0.6 is 0 Å². The molecule has 1 heterocycles. The third-order valence-electron chi connectivity index (χ3n) is 10.7. The van der Waals surface area contributed by atoms with Crippen molar-refractivity contribution in [1.29, 1.82) is 0 Å². The van der Waals surface area contributed by atoms with Crippen LogP contribution < -0.4 is 14.4 Å². The highest BCUT2D eigenvalue weighted by molar-refractivity contribution is 6.01. The molecule has 8 aromatic rings. The van der Waals surface area contributed by atoms with E-state index in [1.165, 1.54) is 44.3 Å². The second-order valence-electron chi connectivity index (χ2n) is 13.2. The third kappa shape index (κ3) is 3.53. The van der Waals surface area contributed by atoms with E-state index in [2.05, 4.69) is 169 Å². The Bertz CT molecular complexity index is 2630. The summed E-state index contributed by atoms with van der Waals surface area (Å²) in [4.78, 5) is 2.29. The molecular weight excluding hydrogens is 611 g/mol. The average molecular weight is 640 g/mol. The molecule has 0 aromatic heterocycles. The van der Waals surface area contributed by atoms with Gasteiger partial charge in [-0.25, -0.2) is 0 Å². The molecule has 0 fully saturated rings. The van der Waals surface area contributed by atoms with Crippen molar-refractivity contribution in [2.24, 2.45) is 0 Å². The summed E-state index contributed by atoms with van der Waals surface area (Å²) in [6, 6.07) is 62.6. The minimum absolute atomic E-state index is 0.462. The molecule has 0 saturated heterocycles. The number of rotatable bonds is 3. The lowest BCUT2D eigenvalue weighted by molar-refractivity contribution is 0.361. The molecule has 1 aliphatic heterocycles. The summed E-state index contributed by atoms with van der Waals surface area (Å²) < 4.78 is 14.1. The first kappa shape index (κ1) is 27.4. The molecule has 0 unspecified atom stereocenters. The Balaban J connectivity index is 1.16. The smallest absolute Gasteiger partial charge is 0.194 e. The Kier molecular flexibility index (Phi) is 5.59. The molecular formula is C47H29NO2. The van der Waals surface area contributed by atoms with Crippen molar-refractivity contribution in [3.8, 4) is 45.3 Å². The number of ether oxygens (including phenoxy) is 2. The summed E-state index contributed by atoms with van der Waals surface area (Å²) in [7, 11) is 0. The predicted molar refractivity (Wildman–Crippen MR) is 202 cm³/mol. The largest absolute Gasteiger partial charge is 0.449 e. The van der Waals surface area contributed by atoms with Crippen LogP contribution in [0.1, 0.15) is 22.3 Å². The highest BCUT2D eigenvalue weighted by Gasteiger charge is 2.53. The third-order valence-corrected chi connectivity index (χ3v) is 10.7. The van der Waals surface area contributed by atoms with E-state index in [9.17, 15) is 0 Å². The van der Waals surface area contributed by atoms with Gasteiger partial charge < -0.3 is 14.4 Å². The van der Waals surface area contributed by atoms with Crippen LogP contribution in [0.2, 0.25) is 0 Å². The van der Waals surface area contributed by atoms with E-state index in [0.717, 1.165) is 39.5 Å². The average Bonchev–Trinajstić information content (AvgIpc) is 3.66. The maximum atomic E-state index is 7.26. The van der Waals surface area contributed by atoms with Gasteiger partial charge in [-0.3, -0.25) is 0 Å². The molecule has 0 bridgehead atoms. The van der Waals surface area contributed by atoms with E-state index in [1.54, 1.807) is 0 Å². The van der Waals surface area contributed by atoms with Gasteiger partial charge >= 0.3 is 0 Å². The standard InChI is InChI=1S/C47H29NO2/c1-2-16-31(17-3-1)48(40-25-12-15-30-14-4-5-18-32(30)40)41-26-13-27-42-45(41)50-46-43(49-42)29-28-39-44(46)35-21-8-11-24-38(35)47(39)36-22-9-6-19-33(36)34-20-7-10-23-37(34)47/h1-29H. The van der Waals surface area contributed by atoms with Crippen molar-refractivity contribution in [3.63, 3.8) is 0 Å². The summed E-state index contributed by atoms with van der Waals surface area (Å²) in [5, 5.41) is 2.33. The molecule has 0 amide bonds. The summed E-state index contributed by atoms with van der Waals surface area (Å²) in [6.07, 6.45) is 0. The molecule has 0 atom stereocenters. The molecule has 2 aliphatic carbocycles. The van der Waals surface area contributed by atoms with Gasteiger partial charge in [0.2, 0.25) is 0 Å². The van der Waals surface area contributed by atoms with Gasteiger partial charge in [0.05, 0.1) is 16.8 Å². The predicted octanol–water partition coefficient (Wildman–Crippen LogP) is 12.6. The summed E-state index contributed by atoms with van der Waals surface area (Å²) in [5.41, 5.74) is 12.5. The van der Waals surface area contributed by atoms with Gasteiger partial charge in [-0.1, -0.05) is 140 Å². The van der Waals surface area contributed by atoms with Crippen molar-refractivity contribution in [2.75, 3.05) is 4.90 Å². The maximum absolute atomic E-state index is 7.26. The van der Waals surface area contributed by atoms with Crippen LogP contribution in [0, 0.1) is 0 Å². The van der Waals surface area contributed by atoms with Crippen LogP contribution in [0.3, 0.4) is 0 Å². The second-order valence-corrected chi connectivity index (χ2v) is 13.2. The Hall–Kier alpha value is -6.58. The maximum Gasteiger partial charge on any atom is 0.194 e. The molecule has 11 rings (SSSR count). The van der Waals surface area contributed by atoms with E-state index in [0.29, 0.717) is 11.5 Å². The zero-order valence-electron chi connectivity index (χ0n) is 27.0. The molecule has 3 heteroatoms. The summed E-state index contributed by atoms with van der Waals surface area (Å²) in [6.45, 7) is 0. The molecule has 8 aromatic carbocycles. The molecule has 234 valence electrons. The van der Waals surface area contributed by atoms with E-state index in [1.807, 2.05) is 12.1 Å². The first-order valence-corrected chi connectivity index (χ1v) is 17.1. The van der Waals surface area contributed by atoms with Crippen molar-refractivity contribution in [1.82, 2.24) is 0 Å². The van der Waals surface area contributed by atoms with E-state index >= 15 is 0 Å². The minimum atomic E-state index is -0.462. The number of anilines is 3. The SMILES string of the molecule is c1ccc(N(c2cccc3c2Oc2c(ccc4c2-c2ccccc2C42c4ccccc4-c4ccccc42)O3)c2cccc3ccccc23)cc1. The topological polar surface area (TPSA) is 21.7 Å². The van der Waals surface area contributed by atoms with Gasteiger partial charge in [-0.05, 0) is 80.7 Å². The van der Waals surface area contributed by atoms with Crippen LogP contribution in [0.25, 0.3) is 33.0 Å². The van der Waals surface area contributed by atoms with E-state index in [-0.39, 0.29) is 0 Å². The number of para-hydroxylation sites is 2. The zero-order chi connectivity index (χ0) is 32.8. The zero-order valence-corrected chi connectivity index (χ0v) is 27.0. The number of nitrogens with zero attached hydrogens (tertiary/aromatic N) is 1. The van der Waals surface area contributed by atoms with Gasteiger partial charge in [0, 0.05) is 16.6 Å². The van der Waals surface area contributed by atoms with Gasteiger partial charge in [-0.15, -0.1) is 0 Å². The lowest BCUT2D eigenvalue weighted by Crippen LogP contribution is -2.25. The lowest BCUT2D eigenvalue weighted by Gasteiger charge is -2.32. The quantitative estimate of drug-likeness (QED) is 0.192. The van der Waals surface area contributed by atoms with Crippen molar-refractivity contribution in [3.05, 3.63) is 198 Å². The first-order chi connectivity index (χ1) is 24.8. The van der Waals surface area contributed by atoms with Crippen molar-refractivity contribution in [2.45, 2.75) is 5.41 Å². The molecule has 50 heavy (non-hydrogen) atoms. The summed E-state index contributed by atoms with van der Waals surface area (Å²) in [5.74, 6) is 2.85. The van der Waals surface area contributed by atoms with Gasteiger partial charge in [0.15, 0.2) is 23.0 Å². The Morgan fingerprint density at radius 3 is 1.74 bits per heavy atom. The molecule has 0 N–H and O–H groups in total. The number of benzene rings is 8. The van der Waals surface area contributed by atoms with Crippen LogP contribution in [0.5, 0.6) is 23.0 Å². The molecule has 1 spiro atoms. The lowest BCUT2D eigenvalue weighted by atomic mass is 9.70. The fourth-order valence-corrected chi connectivity index (χ4v) is 8.79. The number of fused-ring (bicyclic) bond motifs is 14. The van der Waals surface area contributed by atoms with Crippen molar-refractivity contribution >= 4 is 27.8 Å². The van der Waals surface area contributed by atoms with Crippen LogP contribution in [-0.2, 0) is 5.41 Å². The fraction of sp³-hybridized carbons (Fsp3) is 0.0213. The molecule has 0 saturated carbocycles. The van der Waals surface area contributed by atoms with Crippen LogP contribution in [-0.4, -0.2) is 0 Å². The monoisotopic (exact) mass is 639 g/mol. The first-order valence-electron chi connectivity index (χ1n) is 17.1. The summed E-state index contributed by atoms with van der Waals surface area (Å²) >= 11 is 0. The minimum Gasteiger partial charge on any atom is -0.449 e. The van der Waals surface area contributed by atoms with E-state index in [4.69, 9.17) is 9.47 Å². The van der Waals surface area contributed by atoms with Gasteiger partial charge in [0.1, 0.15) is 0 Å². The number of hydrogen-bond acceptors (Lipinski definition) is 3.